The first kappa shape index (κ1) is 18.6. The minimum absolute atomic E-state index is 0.0766. The van der Waals surface area contributed by atoms with Gasteiger partial charge in [0.15, 0.2) is 0 Å². The third kappa shape index (κ3) is 5.71. The Balaban J connectivity index is 2.03. The molecule has 0 aliphatic heterocycles. The zero-order valence-corrected chi connectivity index (χ0v) is 14.2. The highest BCUT2D eigenvalue weighted by atomic mass is 19.1. The van der Waals surface area contributed by atoms with Crippen molar-refractivity contribution in [3.05, 3.63) is 65.5 Å². The molecular weight excluding hydrogens is 323 g/mol. The van der Waals surface area contributed by atoms with E-state index in [4.69, 9.17) is 9.47 Å². The van der Waals surface area contributed by atoms with Crippen molar-refractivity contribution in [2.45, 2.75) is 32.6 Å². The van der Waals surface area contributed by atoms with Gasteiger partial charge in [-0.3, -0.25) is 0 Å². The van der Waals surface area contributed by atoms with Gasteiger partial charge in [-0.1, -0.05) is 44.4 Å². The Hall–Kier alpha value is -2.69. The summed E-state index contributed by atoms with van der Waals surface area (Å²) in [7, 11) is 0. The van der Waals surface area contributed by atoms with Crippen molar-refractivity contribution in [1.82, 2.24) is 0 Å². The summed E-state index contributed by atoms with van der Waals surface area (Å²) >= 11 is 0. The SMILES string of the molecule is CCCCCCOC(=O)c1ccccc1C(=O)Oc1cccc(F)c1. The summed E-state index contributed by atoms with van der Waals surface area (Å²) in [5.74, 6) is -1.73. The first-order valence-corrected chi connectivity index (χ1v) is 8.35. The number of carbonyl (C=O) groups is 2. The van der Waals surface area contributed by atoms with Crippen LogP contribution in [0.15, 0.2) is 48.5 Å². The van der Waals surface area contributed by atoms with E-state index in [9.17, 15) is 14.0 Å². The molecule has 25 heavy (non-hydrogen) atoms. The van der Waals surface area contributed by atoms with Crippen molar-refractivity contribution in [3.8, 4) is 5.75 Å². The van der Waals surface area contributed by atoms with E-state index < -0.39 is 17.8 Å². The van der Waals surface area contributed by atoms with Crippen LogP contribution in [0.4, 0.5) is 4.39 Å². The molecule has 0 radical (unpaired) electrons. The summed E-state index contributed by atoms with van der Waals surface area (Å²) in [6.45, 7) is 2.42. The molecule has 132 valence electrons. The van der Waals surface area contributed by atoms with Crippen LogP contribution < -0.4 is 4.74 Å². The number of carbonyl (C=O) groups excluding carboxylic acids is 2. The molecule has 0 amide bonds. The van der Waals surface area contributed by atoms with Crippen LogP contribution in [0.5, 0.6) is 5.75 Å². The predicted octanol–water partition coefficient (Wildman–Crippen LogP) is 4.78. The average molecular weight is 344 g/mol. The number of hydrogen-bond acceptors (Lipinski definition) is 4. The normalized spacial score (nSPS) is 10.3. The van der Waals surface area contributed by atoms with Crippen molar-refractivity contribution >= 4 is 11.9 Å². The highest BCUT2D eigenvalue weighted by molar-refractivity contribution is 6.03. The van der Waals surface area contributed by atoms with Gasteiger partial charge in [-0.05, 0) is 30.7 Å². The molecule has 0 saturated carbocycles. The maximum Gasteiger partial charge on any atom is 0.344 e. The maximum absolute atomic E-state index is 13.2. The molecule has 2 aromatic rings. The summed E-state index contributed by atoms with van der Waals surface area (Å²) in [5, 5.41) is 0. The Morgan fingerprint density at radius 1 is 0.920 bits per heavy atom. The molecule has 0 aliphatic rings. The highest BCUT2D eigenvalue weighted by Gasteiger charge is 2.19. The van der Waals surface area contributed by atoms with Crippen LogP contribution in [0.2, 0.25) is 0 Å². The molecule has 0 atom stereocenters. The smallest absolute Gasteiger partial charge is 0.344 e. The predicted molar refractivity (Wildman–Crippen MR) is 92.2 cm³/mol. The van der Waals surface area contributed by atoms with E-state index in [1.807, 2.05) is 0 Å². The lowest BCUT2D eigenvalue weighted by atomic mass is 10.1. The van der Waals surface area contributed by atoms with Crippen molar-refractivity contribution in [2.75, 3.05) is 6.61 Å². The van der Waals surface area contributed by atoms with Crippen LogP contribution in [-0.4, -0.2) is 18.5 Å². The molecule has 5 heteroatoms. The third-order valence-corrected chi connectivity index (χ3v) is 3.60. The lowest BCUT2D eigenvalue weighted by molar-refractivity contribution is 0.0489. The minimum Gasteiger partial charge on any atom is -0.462 e. The number of esters is 2. The summed E-state index contributed by atoms with van der Waals surface area (Å²) in [6.07, 6.45) is 3.97. The van der Waals surface area contributed by atoms with E-state index in [-0.39, 0.29) is 16.9 Å². The molecule has 0 spiro atoms. The Bertz CT molecular complexity index is 727. The molecule has 2 rings (SSSR count). The van der Waals surface area contributed by atoms with Crippen molar-refractivity contribution < 1.29 is 23.5 Å². The monoisotopic (exact) mass is 344 g/mol. The maximum atomic E-state index is 13.2. The second-order valence-electron chi connectivity index (χ2n) is 5.59. The van der Waals surface area contributed by atoms with Crippen LogP contribution in [0.3, 0.4) is 0 Å². The first-order chi connectivity index (χ1) is 12.1. The fourth-order valence-electron chi connectivity index (χ4n) is 2.30. The zero-order valence-electron chi connectivity index (χ0n) is 14.2. The quantitative estimate of drug-likeness (QED) is 0.393. The Labute approximate surface area is 146 Å². The minimum atomic E-state index is -0.732. The molecular formula is C20H21FO4. The molecule has 4 nitrogen and oxygen atoms in total. The molecule has 0 N–H and O–H groups in total. The van der Waals surface area contributed by atoms with Gasteiger partial charge in [0, 0.05) is 6.07 Å². The van der Waals surface area contributed by atoms with E-state index in [0.29, 0.717) is 6.61 Å². The van der Waals surface area contributed by atoms with Gasteiger partial charge < -0.3 is 9.47 Å². The largest absolute Gasteiger partial charge is 0.462 e. The summed E-state index contributed by atoms with van der Waals surface area (Å²) in [6, 6.07) is 11.5. The summed E-state index contributed by atoms with van der Waals surface area (Å²) < 4.78 is 23.6. The second-order valence-corrected chi connectivity index (χ2v) is 5.59. The van der Waals surface area contributed by atoms with Gasteiger partial charge in [0.2, 0.25) is 0 Å². The number of halogens is 1. The van der Waals surface area contributed by atoms with Gasteiger partial charge in [0.05, 0.1) is 17.7 Å². The zero-order chi connectivity index (χ0) is 18.1. The molecule has 0 bridgehead atoms. The van der Waals surface area contributed by atoms with Crippen LogP contribution in [0, 0.1) is 5.82 Å². The van der Waals surface area contributed by atoms with Crippen molar-refractivity contribution in [3.63, 3.8) is 0 Å². The molecule has 0 aliphatic carbocycles. The van der Waals surface area contributed by atoms with Gasteiger partial charge in [0.1, 0.15) is 11.6 Å². The van der Waals surface area contributed by atoms with E-state index in [1.54, 1.807) is 12.1 Å². The van der Waals surface area contributed by atoms with E-state index in [2.05, 4.69) is 6.92 Å². The third-order valence-electron chi connectivity index (χ3n) is 3.60. The highest BCUT2D eigenvalue weighted by Crippen LogP contribution is 2.17. The first-order valence-electron chi connectivity index (χ1n) is 8.35. The Morgan fingerprint density at radius 3 is 2.32 bits per heavy atom. The average Bonchev–Trinajstić information content (AvgIpc) is 2.61. The van der Waals surface area contributed by atoms with Gasteiger partial charge in [-0.15, -0.1) is 0 Å². The van der Waals surface area contributed by atoms with E-state index in [1.165, 1.54) is 30.3 Å². The van der Waals surface area contributed by atoms with Crippen molar-refractivity contribution in [2.24, 2.45) is 0 Å². The number of rotatable bonds is 8. The van der Waals surface area contributed by atoms with Crippen LogP contribution in [0.1, 0.15) is 53.3 Å². The standard InChI is InChI=1S/C20H21FO4/c1-2-3-4-7-13-24-19(22)17-11-5-6-12-18(17)20(23)25-16-10-8-9-15(21)14-16/h5-6,8-12,14H,2-4,7,13H2,1H3. The second kappa shape index (κ2) is 9.57. The fourth-order valence-corrected chi connectivity index (χ4v) is 2.30. The lowest BCUT2D eigenvalue weighted by Crippen LogP contribution is -2.16. The molecule has 0 heterocycles. The molecule has 0 unspecified atom stereocenters. The van der Waals surface area contributed by atoms with Gasteiger partial charge in [-0.25, -0.2) is 14.0 Å². The molecule has 2 aromatic carbocycles. The van der Waals surface area contributed by atoms with Gasteiger partial charge in [0.25, 0.3) is 0 Å². The summed E-state index contributed by atoms with van der Waals surface area (Å²) in [4.78, 5) is 24.5. The molecule has 0 aromatic heterocycles. The van der Waals surface area contributed by atoms with Crippen molar-refractivity contribution in [1.29, 1.82) is 0 Å². The molecule has 0 fully saturated rings. The van der Waals surface area contributed by atoms with E-state index in [0.717, 1.165) is 31.7 Å². The number of benzene rings is 2. The lowest BCUT2D eigenvalue weighted by Gasteiger charge is -2.09. The van der Waals surface area contributed by atoms with Gasteiger partial charge in [-0.2, -0.15) is 0 Å². The van der Waals surface area contributed by atoms with Crippen LogP contribution >= 0.6 is 0 Å². The number of unbranched alkanes of at least 4 members (excludes halogenated alkanes) is 3. The van der Waals surface area contributed by atoms with Crippen LogP contribution in [-0.2, 0) is 4.74 Å². The van der Waals surface area contributed by atoms with Crippen LogP contribution in [0.25, 0.3) is 0 Å². The van der Waals surface area contributed by atoms with E-state index >= 15 is 0 Å². The Kier molecular flexibility index (Phi) is 7.14. The molecule has 0 saturated heterocycles. The fraction of sp³-hybridized carbons (Fsp3) is 0.300. The van der Waals surface area contributed by atoms with Gasteiger partial charge >= 0.3 is 11.9 Å². The number of hydrogen-bond donors (Lipinski definition) is 0. The topological polar surface area (TPSA) is 52.6 Å². The number of ether oxygens (including phenoxy) is 2. The summed E-state index contributed by atoms with van der Waals surface area (Å²) in [5.41, 5.74) is 0.227. The Morgan fingerprint density at radius 2 is 1.64 bits per heavy atom.